The Hall–Kier alpha value is -0.280. The minimum absolute atomic E-state index is 0.0152. The van der Waals surface area contributed by atoms with Gasteiger partial charge in [-0.15, -0.1) is 0 Å². The Kier molecular flexibility index (Phi) is 3.35. The van der Waals surface area contributed by atoms with Crippen molar-refractivity contribution in [1.29, 1.82) is 0 Å². The molecule has 0 aromatic carbocycles. The number of rotatable bonds is 2. The zero-order valence-corrected chi connectivity index (χ0v) is 8.34. The quantitative estimate of drug-likeness (QED) is 0.474. The second-order valence-corrected chi connectivity index (χ2v) is 3.72. The van der Waals surface area contributed by atoms with E-state index in [1.807, 2.05) is 4.90 Å². The molecular formula is C8H15ClN2O. The molecule has 0 N–H and O–H groups in total. The average molecular weight is 191 g/mol. The zero-order valence-electron chi connectivity index (χ0n) is 7.59. The van der Waals surface area contributed by atoms with Crippen LogP contribution in [0.4, 0.5) is 0 Å². The number of halogens is 1. The van der Waals surface area contributed by atoms with E-state index in [1.54, 1.807) is 14.1 Å². The first-order valence-corrected chi connectivity index (χ1v) is 4.66. The number of likely N-dealkylation sites (tertiary alicyclic amines) is 1. The van der Waals surface area contributed by atoms with Crippen LogP contribution in [0.1, 0.15) is 12.8 Å². The third-order valence-electron chi connectivity index (χ3n) is 2.11. The van der Waals surface area contributed by atoms with Gasteiger partial charge in [0.1, 0.15) is 0 Å². The number of nitrogens with zero attached hydrogens (tertiary/aromatic N) is 2. The fourth-order valence-electron chi connectivity index (χ4n) is 1.34. The Morgan fingerprint density at radius 3 is 2.33 bits per heavy atom. The van der Waals surface area contributed by atoms with Crippen LogP contribution >= 0.6 is 11.6 Å². The molecule has 1 rings (SSSR count). The lowest BCUT2D eigenvalue weighted by Gasteiger charge is -2.23. The molecule has 1 aliphatic rings. The van der Waals surface area contributed by atoms with Crippen LogP contribution in [0.15, 0.2) is 0 Å². The molecule has 1 saturated heterocycles. The van der Waals surface area contributed by atoms with Gasteiger partial charge in [0.2, 0.25) is 0 Å². The Balaban J connectivity index is 2.45. The molecule has 3 nitrogen and oxygen atoms in total. The molecule has 0 aromatic heterocycles. The van der Waals surface area contributed by atoms with Crippen LogP contribution in [0.2, 0.25) is 0 Å². The highest BCUT2D eigenvalue weighted by Gasteiger charge is 2.26. The van der Waals surface area contributed by atoms with Crippen LogP contribution in [0.5, 0.6) is 0 Å². The average Bonchev–Trinajstić information content (AvgIpc) is 2.53. The first-order valence-electron chi connectivity index (χ1n) is 4.22. The molecule has 1 atom stereocenters. The van der Waals surface area contributed by atoms with Crippen molar-refractivity contribution in [3.05, 3.63) is 0 Å². The molecular weight excluding hydrogens is 176 g/mol. The maximum Gasteiger partial charge on any atom is 0.254 e. The summed E-state index contributed by atoms with van der Waals surface area (Å²) in [6.07, 6.45) is 2.31. The summed E-state index contributed by atoms with van der Waals surface area (Å²) in [5.41, 5.74) is -0.456. The minimum atomic E-state index is -0.456. The van der Waals surface area contributed by atoms with Gasteiger partial charge in [0.05, 0.1) is 0 Å². The second-order valence-electron chi connectivity index (χ2n) is 3.31. The molecule has 1 heterocycles. The first-order chi connectivity index (χ1) is 5.63. The maximum absolute atomic E-state index is 11.4. The van der Waals surface area contributed by atoms with Crippen molar-refractivity contribution in [3.63, 3.8) is 0 Å². The number of carbonyl (C=O) groups excluding carboxylic acids is 1. The highest BCUT2D eigenvalue weighted by atomic mass is 35.5. The zero-order chi connectivity index (χ0) is 9.14. The van der Waals surface area contributed by atoms with Crippen LogP contribution in [0, 0.1) is 0 Å². The third kappa shape index (κ3) is 2.11. The molecule has 0 aromatic rings. The number of hydrogen-bond acceptors (Lipinski definition) is 2. The summed E-state index contributed by atoms with van der Waals surface area (Å²) in [5.74, 6) is -0.0152. The summed E-state index contributed by atoms with van der Waals surface area (Å²) < 4.78 is 0. The molecule has 0 radical (unpaired) electrons. The van der Waals surface area contributed by atoms with Gasteiger partial charge < -0.3 is 4.90 Å². The van der Waals surface area contributed by atoms with Crippen molar-refractivity contribution in [2.24, 2.45) is 0 Å². The number of likely N-dealkylation sites (N-methyl/N-ethyl adjacent to an activating group) is 1. The SMILES string of the molecule is CN(C)C(=O)C(Cl)N1CCCC1. The molecule has 0 aliphatic carbocycles. The summed E-state index contributed by atoms with van der Waals surface area (Å²) in [6.45, 7) is 1.90. The van der Waals surface area contributed by atoms with E-state index in [-0.39, 0.29) is 5.91 Å². The van der Waals surface area contributed by atoms with Crippen LogP contribution in [-0.4, -0.2) is 48.4 Å². The second kappa shape index (κ2) is 4.10. The first kappa shape index (κ1) is 9.81. The topological polar surface area (TPSA) is 23.6 Å². The molecule has 12 heavy (non-hydrogen) atoms. The van der Waals surface area contributed by atoms with E-state index in [4.69, 9.17) is 11.6 Å². The van der Waals surface area contributed by atoms with E-state index in [2.05, 4.69) is 0 Å². The van der Waals surface area contributed by atoms with Gasteiger partial charge in [0, 0.05) is 27.2 Å². The molecule has 0 saturated carbocycles. The lowest BCUT2D eigenvalue weighted by Crippen LogP contribution is -2.41. The maximum atomic E-state index is 11.4. The van der Waals surface area contributed by atoms with Crippen molar-refractivity contribution in [1.82, 2.24) is 9.80 Å². The Morgan fingerprint density at radius 1 is 1.42 bits per heavy atom. The molecule has 70 valence electrons. The van der Waals surface area contributed by atoms with E-state index >= 15 is 0 Å². The summed E-state index contributed by atoms with van der Waals surface area (Å²) in [7, 11) is 3.46. The van der Waals surface area contributed by atoms with Gasteiger partial charge in [-0.05, 0) is 12.8 Å². The Morgan fingerprint density at radius 2 is 1.92 bits per heavy atom. The summed E-state index contributed by atoms with van der Waals surface area (Å²) >= 11 is 5.97. The standard InChI is InChI=1S/C8H15ClN2O/c1-10(2)8(12)7(9)11-5-3-4-6-11/h7H,3-6H2,1-2H3. The molecule has 1 amide bonds. The van der Waals surface area contributed by atoms with Crippen LogP contribution in [-0.2, 0) is 4.79 Å². The number of carbonyl (C=O) groups is 1. The van der Waals surface area contributed by atoms with Crippen molar-refractivity contribution in [2.45, 2.75) is 18.3 Å². The fraction of sp³-hybridized carbons (Fsp3) is 0.875. The highest BCUT2D eigenvalue weighted by Crippen LogP contribution is 2.15. The smallest absolute Gasteiger partial charge is 0.254 e. The monoisotopic (exact) mass is 190 g/mol. The van der Waals surface area contributed by atoms with Crippen molar-refractivity contribution >= 4 is 17.5 Å². The van der Waals surface area contributed by atoms with Crippen LogP contribution in [0.3, 0.4) is 0 Å². The lowest BCUT2D eigenvalue weighted by molar-refractivity contribution is -0.131. The van der Waals surface area contributed by atoms with Gasteiger partial charge in [-0.25, -0.2) is 0 Å². The lowest BCUT2D eigenvalue weighted by atomic mass is 10.4. The van der Waals surface area contributed by atoms with Crippen LogP contribution in [0.25, 0.3) is 0 Å². The van der Waals surface area contributed by atoms with E-state index < -0.39 is 5.50 Å². The molecule has 1 unspecified atom stereocenters. The van der Waals surface area contributed by atoms with Gasteiger partial charge in [0.15, 0.2) is 5.50 Å². The highest BCUT2D eigenvalue weighted by molar-refractivity contribution is 6.30. The number of alkyl halides is 1. The van der Waals surface area contributed by atoms with Gasteiger partial charge in [-0.3, -0.25) is 9.69 Å². The van der Waals surface area contributed by atoms with Gasteiger partial charge >= 0.3 is 0 Å². The normalized spacial score (nSPS) is 20.9. The van der Waals surface area contributed by atoms with Crippen LogP contribution < -0.4 is 0 Å². The fourth-order valence-corrected chi connectivity index (χ4v) is 1.73. The molecule has 4 heteroatoms. The Labute approximate surface area is 78.3 Å². The van der Waals surface area contributed by atoms with Gasteiger partial charge in [-0.2, -0.15) is 0 Å². The van der Waals surface area contributed by atoms with Crippen molar-refractivity contribution in [2.75, 3.05) is 27.2 Å². The predicted molar refractivity (Wildman–Crippen MR) is 49.1 cm³/mol. The predicted octanol–water partition coefficient (Wildman–Crippen LogP) is 0.735. The number of amides is 1. The molecule has 0 bridgehead atoms. The largest absolute Gasteiger partial charge is 0.346 e. The Bertz CT molecular complexity index is 166. The summed E-state index contributed by atoms with van der Waals surface area (Å²) in [5, 5.41) is 0. The summed E-state index contributed by atoms with van der Waals surface area (Å²) in [4.78, 5) is 14.9. The molecule has 1 fully saturated rings. The van der Waals surface area contributed by atoms with Gasteiger partial charge in [-0.1, -0.05) is 11.6 Å². The van der Waals surface area contributed by atoms with E-state index in [0.717, 1.165) is 25.9 Å². The molecule has 1 aliphatic heterocycles. The van der Waals surface area contributed by atoms with Crippen molar-refractivity contribution < 1.29 is 4.79 Å². The third-order valence-corrected chi connectivity index (χ3v) is 2.57. The van der Waals surface area contributed by atoms with E-state index in [0.29, 0.717) is 0 Å². The van der Waals surface area contributed by atoms with E-state index in [9.17, 15) is 4.79 Å². The minimum Gasteiger partial charge on any atom is -0.346 e. The van der Waals surface area contributed by atoms with Gasteiger partial charge in [0.25, 0.3) is 5.91 Å². The van der Waals surface area contributed by atoms with Crippen molar-refractivity contribution in [3.8, 4) is 0 Å². The van der Waals surface area contributed by atoms with E-state index in [1.165, 1.54) is 4.90 Å². The number of hydrogen-bond donors (Lipinski definition) is 0. The molecule has 0 spiro atoms. The summed E-state index contributed by atoms with van der Waals surface area (Å²) in [6, 6.07) is 0.